The summed E-state index contributed by atoms with van der Waals surface area (Å²) in [4.78, 5) is 0. The Morgan fingerprint density at radius 1 is 0.690 bits per heavy atom. The molecule has 0 aliphatic heterocycles. The van der Waals surface area contributed by atoms with E-state index in [9.17, 15) is 10.0 Å². The van der Waals surface area contributed by atoms with Gasteiger partial charge in [-0.25, -0.2) is 0 Å². The third-order valence-corrected chi connectivity index (χ3v) is 6.66. The number of rotatable bonds is 2. The largest absolute Gasteiger partial charge is 0.488 e. The normalized spacial score (nSPS) is 11.8. The van der Waals surface area contributed by atoms with Gasteiger partial charge in [0.1, 0.15) is 11.2 Å². The van der Waals surface area contributed by atoms with E-state index in [-0.39, 0.29) is 0 Å². The van der Waals surface area contributed by atoms with Crippen LogP contribution in [0, 0.1) is 0 Å². The van der Waals surface area contributed by atoms with E-state index >= 15 is 0 Å². The van der Waals surface area contributed by atoms with E-state index in [4.69, 9.17) is 4.42 Å². The minimum Gasteiger partial charge on any atom is -0.455 e. The van der Waals surface area contributed by atoms with Gasteiger partial charge in [0.25, 0.3) is 0 Å². The van der Waals surface area contributed by atoms with Crippen LogP contribution in [-0.4, -0.2) is 17.2 Å². The molecule has 0 spiro atoms. The zero-order valence-electron chi connectivity index (χ0n) is 15.3. The quantitative estimate of drug-likeness (QED) is 0.392. The average Bonchev–Trinajstić information content (AvgIpc) is 3.30. The molecule has 6 aromatic rings. The maximum atomic E-state index is 9.56. The molecule has 6 rings (SSSR count). The van der Waals surface area contributed by atoms with Crippen molar-refractivity contribution in [2.24, 2.45) is 0 Å². The number of benzene rings is 4. The lowest BCUT2D eigenvalue weighted by molar-refractivity contribution is 0.426. The molecule has 0 bridgehead atoms. The van der Waals surface area contributed by atoms with E-state index in [1.54, 1.807) is 17.4 Å². The zero-order valence-corrected chi connectivity index (χ0v) is 16.1. The van der Waals surface area contributed by atoms with Gasteiger partial charge in [-0.1, -0.05) is 54.6 Å². The minimum absolute atomic E-state index is 0.502. The van der Waals surface area contributed by atoms with Crippen LogP contribution in [0.1, 0.15) is 0 Å². The highest BCUT2D eigenvalue weighted by Gasteiger charge is 2.15. The van der Waals surface area contributed by atoms with Crippen LogP contribution < -0.4 is 5.46 Å². The summed E-state index contributed by atoms with van der Waals surface area (Å²) in [6.45, 7) is 0. The van der Waals surface area contributed by atoms with Gasteiger partial charge in [-0.2, -0.15) is 0 Å². The van der Waals surface area contributed by atoms with Gasteiger partial charge in [0.15, 0.2) is 0 Å². The lowest BCUT2D eigenvalue weighted by atomic mass is 9.80. The molecular formula is C24H15BO3S. The van der Waals surface area contributed by atoms with Gasteiger partial charge in [0, 0.05) is 31.1 Å². The van der Waals surface area contributed by atoms with Crippen LogP contribution in [0.5, 0.6) is 0 Å². The van der Waals surface area contributed by atoms with Crippen molar-refractivity contribution in [1.29, 1.82) is 0 Å². The molecule has 5 heteroatoms. The Labute approximate surface area is 170 Å². The minimum atomic E-state index is -1.47. The Morgan fingerprint density at radius 3 is 2.31 bits per heavy atom. The molecule has 0 aliphatic carbocycles. The summed E-state index contributed by atoms with van der Waals surface area (Å²) < 4.78 is 8.51. The zero-order chi connectivity index (χ0) is 19.5. The number of hydrogen-bond donors (Lipinski definition) is 2. The number of thiophene rings is 1. The SMILES string of the molecule is OB(O)c1ccc2sc3ccc(-c4cccc5c4oc4ccccc45)cc3c2c1. The fraction of sp³-hybridized carbons (Fsp3) is 0. The van der Waals surface area contributed by atoms with Crippen molar-refractivity contribution in [3.05, 3.63) is 78.9 Å². The maximum Gasteiger partial charge on any atom is 0.488 e. The molecule has 138 valence electrons. The van der Waals surface area contributed by atoms with Gasteiger partial charge in [-0.05, 0) is 40.7 Å². The van der Waals surface area contributed by atoms with Gasteiger partial charge in [0.2, 0.25) is 0 Å². The standard InChI is InChI=1S/C24H15BO3S/c26-25(27)15-9-11-23-20(13-15)19-12-14(8-10-22(19)29-23)16-5-3-6-18-17-4-1-2-7-21(17)28-24(16)18/h1-13,26-27H. The highest BCUT2D eigenvalue weighted by molar-refractivity contribution is 7.25. The second-order valence-electron chi connectivity index (χ2n) is 7.22. The first-order chi connectivity index (χ1) is 14.2. The van der Waals surface area contributed by atoms with Gasteiger partial charge in [0.05, 0.1) is 0 Å². The van der Waals surface area contributed by atoms with Crippen molar-refractivity contribution in [3.8, 4) is 11.1 Å². The summed E-state index contributed by atoms with van der Waals surface area (Å²) in [7, 11) is -1.47. The van der Waals surface area contributed by atoms with E-state index in [0.717, 1.165) is 48.5 Å². The van der Waals surface area contributed by atoms with Crippen molar-refractivity contribution in [1.82, 2.24) is 0 Å². The molecule has 0 fully saturated rings. The lowest BCUT2D eigenvalue weighted by Crippen LogP contribution is -2.29. The molecule has 4 aromatic carbocycles. The molecule has 3 nitrogen and oxygen atoms in total. The fourth-order valence-electron chi connectivity index (χ4n) is 4.10. The fourth-order valence-corrected chi connectivity index (χ4v) is 5.16. The van der Waals surface area contributed by atoms with Crippen LogP contribution in [0.15, 0.2) is 83.3 Å². The van der Waals surface area contributed by atoms with Crippen molar-refractivity contribution in [2.75, 3.05) is 0 Å². The van der Waals surface area contributed by atoms with Crippen LogP contribution in [0.2, 0.25) is 0 Å². The van der Waals surface area contributed by atoms with E-state index in [1.165, 1.54) is 4.70 Å². The molecule has 0 saturated carbocycles. The summed E-state index contributed by atoms with van der Waals surface area (Å²) in [5.41, 5.74) is 4.41. The summed E-state index contributed by atoms with van der Waals surface area (Å²) in [5.74, 6) is 0. The molecule has 0 amide bonds. The molecule has 2 aromatic heterocycles. The van der Waals surface area contributed by atoms with Crippen molar-refractivity contribution in [2.45, 2.75) is 0 Å². The Bertz CT molecular complexity index is 1540. The Kier molecular flexibility index (Phi) is 3.59. The number of furan rings is 1. The maximum absolute atomic E-state index is 9.56. The Hall–Kier alpha value is -3.12. The van der Waals surface area contributed by atoms with E-state index in [0.29, 0.717) is 5.46 Å². The van der Waals surface area contributed by atoms with Crippen molar-refractivity contribution < 1.29 is 14.5 Å². The van der Waals surface area contributed by atoms with Crippen molar-refractivity contribution >= 4 is 66.0 Å². The van der Waals surface area contributed by atoms with E-state index in [1.807, 2.05) is 30.3 Å². The number of hydrogen-bond acceptors (Lipinski definition) is 4. The third kappa shape index (κ3) is 2.52. The van der Waals surface area contributed by atoms with Crippen LogP contribution in [0.4, 0.5) is 0 Å². The molecule has 0 atom stereocenters. The summed E-state index contributed by atoms with van der Waals surface area (Å²) in [5, 5.41) is 23.5. The average molecular weight is 394 g/mol. The second kappa shape index (κ2) is 6.19. The summed E-state index contributed by atoms with van der Waals surface area (Å²) >= 11 is 1.71. The second-order valence-corrected chi connectivity index (χ2v) is 8.31. The molecule has 0 radical (unpaired) electrons. The molecule has 0 saturated heterocycles. The molecule has 2 heterocycles. The van der Waals surface area contributed by atoms with Crippen LogP contribution in [-0.2, 0) is 0 Å². The number of para-hydroxylation sites is 2. The van der Waals surface area contributed by atoms with Gasteiger partial charge in [-0.15, -0.1) is 11.3 Å². The predicted molar refractivity (Wildman–Crippen MR) is 122 cm³/mol. The predicted octanol–water partition coefficient (Wildman–Crippen LogP) is 5.30. The van der Waals surface area contributed by atoms with Crippen LogP contribution in [0.25, 0.3) is 53.2 Å². The lowest BCUT2D eigenvalue weighted by Gasteiger charge is -2.04. The highest BCUT2D eigenvalue weighted by atomic mass is 32.1. The van der Waals surface area contributed by atoms with Crippen molar-refractivity contribution in [3.63, 3.8) is 0 Å². The first-order valence-corrected chi connectivity index (χ1v) is 10.2. The highest BCUT2D eigenvalue weighted by Crippen LogP contribution is 2.39. The van der Waals surface area contributed by atoms with E-state index in [2.05, 4.69) is 42.5 Å². The molecular weight excluding hydrogens is 379 g/mol. The van der Waals surface area contributed by atoms with Gasteiger partial charge in [-0.3, -0.25) is 0 Å². The topological polar surface area (TPSA) is 53.6 Å². The monoisotopic (exact) mass is 394 g/mol. The van der Waals surface area contributed by atoms with Crippen LogP contribution >= 0.6 is 11.3 Å². The molecule has 0 unspecified atom stereocenters. The summed E-state index contributed by atoms with van der Waals surface area (Å²) in [6.07, 6.45) is 0. The van der Waals surface area contributed by atoms with Crippen LogP contribution in [0.3, 0.4) is 0 Å². The molecule has 2 N–H and O–H groups in total. The van der Waals surface area contributed by atoms with Gasteiger partial charge < -0.3 is 14.5 Å². The third-order valence-electron chi connectivity index (χ3n) is 5.51. The first kappa shape index (κ1) is 16.8. The Morgan fingerprint density at radius 2 is 1.45 bits per heavy atom. The molecule has 0 aliphatic rings. The number of fused-ring (bicyclic) bond motifs is 6. The molecule has 29 heavy (non-hydrogen) atoms. The Balaban J connectivity index is 1.63. The van der Waals surface area contributed by atoms with Gasteiger partial charge >= 0.3 is 7.12 Å². The smallest absolute Gasteiger partial charge is 0.455 e. The summed E-state index contributed by atoms with van der Waals surface area (Å²) in [6, 6.07) is 26.4. The first-order valence-electron chi connectivity index (χ1n) is 9.42. The van der Waals surface area contributed by atoms with E-state index < -0.39 is 7.12 Å².